The highest BCUT2D eigenvalue weighted by molar-refractivity contribution is 5.71. The van der Waals surface area contributed by atoms with Crippen LogP contribution >= 0.6 is 0 Å². The summed E-state index contributed by atoms with van der Waals surface area (Å²) >= 11 is 0. The number of aromatic nitrogens is 2. The number of hydrogen-bond acceptors (Lipinski definition) is 5. The van der Waals surface area contributed by atoms with Crippen molar-refractivity contribution in [2.24, 2.45) is 0 Å². The first kappa shape index (κ1) is 22.0. The first-order valence-electron chi connectivity index (χ1n) is 8.74. The van der Waals surface area contributed by atoms with Gasteiger partial charge in [0.25, 0.3) is 0 Å². The van der Waals surface area contributed by atoms with Crippen LogP contribution in [0.3, 0.4) is 0 Å². The third-order valence-corrected chi connectivity index (χ3v) is 3.81. The lowest BCUT2D eigenvalue weighted by molar-refractivity contribution is -0.384. The van der Waals surface area contributed by atoms with Crippen LogP contribution in [0.15, 0.2) is 43.1 Å². The SMILES string of the molecule is C=CC[C@H](NC(=O)OC(C)(C)C)c1cccc(-c2c([N+](=O)[O-])cnn2C(F)F)c1. The van der Waals surface area contributed by atoms with E-state index in [1.807, 2.05) is 0 Å². The highest BCUT2D eigenvalue weighted by Gasteiger charge is 2.27. The monoisotopic (exact) mass is 408 g/mol. The molecule has 0 radical (unpaired) electrons. The maximum Gasteiger partial charge on any atom is 0.408 e. The molecule has 0 fully saturated rings. The van der Waals surface area contributed by atoms with Crippen LogP contribution in [0.1, 0.15) is 45.3 Å². The van der Waals surface area contributed by atoms with Gasteiger partial charge in [0.05, 0.1) is 11.0 Å². The molecule has 1 heterocycles. The Morgan fingerprint density at radius 1 is 1.45 bits per heavy atom. The van der Waals surface area contributed by atoms with Crippen LogP contribution in [0.4, 0.5) is 19.3 Å². The Bertz CT molecular complexity index is 906. The summed E-state index contributed by atoms with van der Waals surface area (Å²) in [7, 11) is 0. The van der Waals surface area contributed by atoms with Crippen LogP contribution in [0.2, 0.25) is 0 Å². The van der Waals surface area contributed by atoms with Crippen molar-refractivity contribution in [3.63, 3.8) is 0 Å². The predicted molar refractivity (Wildman–Crippen MR) is 102 cm³/mol. The second-order valence-corrected chi connectivity index (χ2v) is 7.21. The lowest BCUT2D eigenvalue weighted by atomic mass is 9.99. The number of carbonyl (C=O) groups excluding carboxylic acids is 1. The molecular formula is C19H22F2N4O4. The number of nitrogens with zero attached hydrogens (tertiary/aromatic N) is 3. The van der Waals surface area contributed by atoms with E-state index in [1.54, 1.807) is 39.0 Å². The molecule has 0 saturated heterocycles. The Hall–Kier alpha value is -3.30. The standard InChI is InChI=1S/C19H22F2N4O4/c1-5-7-14(23-18(26)29-19(2,3)4)12-8-6-9-13(10-12)16-15(25(27)28)11-22-24(16)17(20)21/h5-6,8-11,14,17H,1,7H2,2-4H3,(H,23,26)/t14-/m0/s1. The summed E-state index contributed by atoms with van der Waals surface area (Å²) in [5.41, 5.74) is -0.837. The lowest BCUT2D eigenvalue weighted by Gasteiger charge is -2.23. The molecule has 1 N–H and O–H groups in total. The molecule has 0 bridgehead atoms. The van der Waals surface area contributed by atoms with Crippen LogP contribution in [0.25, 0.3) is 11.3 Å². The molecule has 156 valence electrons. The number of nitrogens with one attached hydrogen (secondary N) is 1. The van der Waals surface area contributed by atoms with Gasteiger partial charge in [0, 0.05) is 5.56 Å². The fourth-order valence-electron chi connectivity index (χ4n) is 2.71. The minimum atomic E-state index is -3.05. The highest BCUT2D eigenvalue weighted by atomic mass is 19.3. The summed E-state index contributed by atoms with van der Waals surface area (Å²) in [5, 5.41) is 17.4. The number of benzene rings is 1. The third-order valence-electron chi connectivity index (χ3n) is 3.81. The number of nitro groups is 1. The summed E-state index contributed by atoms with van der Waals surface area (Å²) < 4.78 is 32.1. The van der Waals surface area contributed by atoms with Gasteiger partial charge in [0.15, 0.2) is 5.69 Å². The first-order valence-corrected chi connectivity index (χ1v) is 8.74. The Morgan fingerprint density at radius 3 is 2.69 bits per heavy atom. The number of alkyl carbamates (subject to hydrolysis) is 1. The molecule has 29 heavy (non-hydrogen) atoms. The van der Waals surface area contributed by atoms with Crippen molar-refractivity contribution in [2.75, 3.05) is 0 Å². The molecule has 2 aromatic rings. The van der Waals surface area contributed by atoms with Crippen LogP contribution in [-0.4, -0.2) is 26.4 Å². The van der Waals surface area contributed by atoms with Crippen LogP contribution < -0.4 is 5.32 Å². The molecule has 0 spiro atoms. The molecular weight excluding hydrogens is 386 g/mol. The van der Waals surface area contributed by atoms with E-state index in [9.17, 15) is 23.7 Å². The fourth-order valence-corrected chi connectivity index (χ4v) is 2.71. The molecule has 2 rings (SSSR count). The highest BCUT2D eigenvalue weighted by Crippen LogP contribution is 2.34. The maximum absolute atomic E-state index is 13.3. The van der Waals surface area contributed by atoms with Crippen molar-refractivity contribution in [1.29, 1.82) is 0 Å². The van der Waals surface area contributed by atoms with Gasteiger partial charge in [-0.2, -0.15) is 18.6 Å². The zero-order valence-electron chi connectivity index (χ0n) is 16.3. The quantitative estimate of drug-likeness (QED) is 0.395. The minimum Gasteiger partial charge on any atom is -0.444 e. The van der Waals surface area contributed by atoms with E-state index < -0.39 is 34.9 Å². The molecule has 0 aliphatic heterocycles. The molecule has 1 amide bonds. The molecule has 8 nitrogen and oxygen atoms in total. The van der Waals surface area contributed by atoms with Crippen LogP contribution in [-0.2, 0) is 4.74 Å². The smallest absolute Gasteiger partial charge is 0.408 e. The molecule has 0 saturated carbocycles. The molecule has 1 aromatic carbocycles. The Kier molecular flexibility index (Phi) is 6.68. The van der Waals surface area contributed by atoms with Gasteiger partial charge in [-0.05, 0) is 38.8 Å². The molecule has 0 aliphatic rings. The molecule has 10 heteroatoms. The molecule has 0 aliphatic carbocycles. The van der Waals surface area contributed by atoms with Crippen molar-refractivity contribution in [3.8, 4) is 11.3 Å². The largest absolute Gasteiger partial charge is 0.444 e. The van der Waals surface area contributed by atoms with E-state index in [0.717, 1.165) is 6.20 Å². The Morgan fingerprint density at radius 2 is 2.14 bits per heavy atom. The van der Waals surface area contributed by atoms with Gasteiger partial charge in [-0.3, -0.25) is 10.1 Å². The van der Waals surface area contributed by atoms with Gasteiger partial charge in [0.1, 0.15) is 11.8 Å². The summed E-state index contributed by atoms with van der Waals surface area (Å²) in [6.45, 7) is 5.78. The van der Waals surface area contributed by atoms with Crippen molar-refractivity contribution in [3.05, 3.63) is 58.8 Å². The average molecular weight is 408 g/mol. The summed E-state index contributed by atoms with van der Waals surface area (Å²) in [6.07, 6.45) is 2.05. The van der Waals surface area contributed by atoms with Crippen molar-refractivity contribution >= 4 is 11.8 Å². The number of ether oxygens (including phenoxy) is 1. The summed E-state index contributed by atoms with van der Waals surface area (Å²) in [5.74, 6) is 0. The van der Waals surface area contributed by atoms with Gasteiger partial charge in [-0.25, -0.2) is 4.79 Å². The van der Waals surface area contributed by atoms with E-state index in [4.69, 9.17) is 4.74 Å². The zero-order chi connectivity index (χ0) is 21.8. The van der Waals surface area contributed by atoms with E-state index >= 15 is 0 Å². The molecule has 1 atom stereocenters. The van der Waals surface area contributed by atoms with Gasteiger partial charge in [0.2, 0.25) is 0 Å². The third kappa shape index (κ3) is 5.59. The minimum absolute atomic E-state index is 0.173. The number of amides is 1. The normalized spacial score (nSPS) is 12.5. The lowest BCUT2D eigenvalue weighted by Crippen LogP contribution is -2.34. The van der Waals surface area contributed by atoms with Crippen molar-refractivity contribution in [2.45, 2.75) is 45.4 Å². The average Bonchev–Trinajstić information content (AvgIpc) is 3.05. The Balaban J connectivity index is 2.44. The second kappa shape index (κ2) is 8.80. The fraction of sp³-hybridized carbons (Fsp3) is 0.368. The van der Waals surface area contributed by atoms with Gasteiger partial charge in [-0.15, -0.1) is 6.58 Å². The summed E-state index contributed by atoms with van der Waals surface area (Å²) in [4.78, 5) is 22.6. The van der Waals surface area contributed by atoms with Crippen LogP contribution in [0.5, 0.6) is 0 Å². The van der Waals surface area contributed by atoms with E-state index in [-0.39, 0.29) is 11.3 Å². The van der Waals surface area contributed by atoms with Crippen LogP contribution in [0, 0.1) is 10.1 Å². The zero-order valence-corrected chi connectivity index (χ0v) is 16.3. The van der Waals surface area contributed by atoms with Gasteiger partial charge < -0.3 is 10.1 Å². The topological polar surface area (TPSA) is 99.3 Å². The number of alkyl halides is 2. The molecule has 0 unspecified atom stereocenters. The van der Waals surface area contributed by atoms with E-state index in [0.29, 0.717) is 16.7 Å². The van der Waals surface area contributed by atoms with E-state index in [1.165, 1.54) is 12.1 Å². The van der Waals surface area contributed by atoms with E-state index in [2.05, 4.69) is 17.0 Å². The van der Waals surface area contributed by atoms with Gasteiger partial charge in [-0.1, -0.05) is 24.3 Å². The number of halogens is 2. The number of rotatable bonds is 7. The first-order chi connectivity index (χ1) is 13.5. The van der Waals surface area contributed by atoms with Crippen molar-refractivity contribution in [1.82, 2.24) is 15.1 Å². The number of hydrogen-bond donors (Lipinski definition) is 1. The maximum atomic E-state index is 13.3. The van der Waals surface area contributed by atoms with Gasteiger partial charge >= 0.3 is 18.3 Å². The Labute approximate surface area is 166 Å². The second-order valence-electron chi connectivity index (χ2n) is 7.21. The number of carbonyl (C=O) groups is 1. The summed E-state index contributed by atoms with van der Waals surface area (Å²) in [6, 6.07) is 5.62. The van der Waals surface area contributed by atoms with Crippen molar-refractivity contribution < 1.29 is 23.2 Å². The molecule has 1 aromatic heterocycles. The predicted octanol–water partition coefficient (Wildman–Crippen LogP) is 5.00.